The molecule has 12 heavy (non-hydrogen) atoms. The number of pyridine rings is 1. The van der Waals surface area contributed by atoms with Crippen molar-refractivity contribution < 1.29 is 0 Å². The number of allylic oxidation sites excluding steroid dienone is 1. The van der Waals surface area contributed by atoms with Crippen LogP contribution in [0.1, 0.15) is 32.0 Å². The molecule has 0 saturated heterocycles. The van der Waals surface area contributed by atoms with Gasteiger partial charge in [-0.25, -0.2) is 0 Å². The van der Waals surface area contributed by atoms with Crippen LogP contribution in [0.25, 0.3) is 6.08 Å². The molecule has 1 aromatic rings. The summed E-state index contributed by atoms with van der Waals surface area (Å²) in [6, 6.07) is 4.05. The van der Waals surface area contributed by atoms with Gasteiger partial charge in [0.2, 0.25) is 0 Å². The Balaban J connectivity index is 0.000000561. The summed E-state index contributed by atoms with van der Waals surface area (Å²) in [5, 5.41) is 0. The quantitative estimate of drug-likeness (QED) is 0.618. The van der Waals surface area contributed by atoms with Gasteiger partial charge in [-0.2, -0.15) is 0 Å². The van der Waals surface area contributed by atoms with Crippen LogP contribution in [-0.4, -0.2) is 4.98 Å². The molecule has 0 N–H and O–H groups in total. The van der Waals surface area contributed by atoms with Crippen molar-refractivity contribution >= 4 is 6.08 Å². The highest BCUT2D eigenvalue weighted by atomic mass is 14.6. The first-order valence-corrected chi connectivity index (χ1v) is 4.38. The van der Waals surface area contributed by atoms with Gasteiger partial charge in [0.25, 0.3) is 0 Å². The second-order valence-corrected chi connectivity index (χ2v) is 2.23. The van der Waals surface area contributed by atoms with Crippen molar-refractivity contribution in [2.24, 2.45) is 0 Å². The third kappa shape index (κ3) is 3.91. The summed E-state index contributed by atoms with van der Waals surface area (Å²) < 4.78 is 0. The molecule has 0 aliphatic carbocycles. The SMILES string of the molecule is C/C=C\c1ccnc(C)c1.CC. The molecule has 0 fully saturated rings. The second-order valence-electron chi connectivity index (χ2n) is 2.23. The van der Waals surface area contributed by atoms with Gasteiger partial charge in [0.15, 0.2) is 0 Å². The van der Waals surface area contributed by atoms with Gasteiger partial charge in [-0.3, -0.25) is 4.98 Å². The Morgan fingerprint density at radius 2 is 2.00 bits per heavy atom. The molecule has 0 atom stereocenters. The van der Waals surface area contributed by atoms with Crippen molar-refractivity contribution in [3.8, 4) is 0 Å². The molecule has 66 valence electrons. The van der Waals surface area contributed by atoms with E-state index in [0.717, 1.165) is 5.69 Å². The lowest BCUT2D eigenvalue weighted by Gasteiger charge is -1.92. The zero-order valence-corrected chi connectivity index (χ0v) is 8.33. The Bertz CT molecular complexity index is 239. The van der Waals surface area contributed by atoms with Gasteiger partial charge in [0, 0.05) is 11.9 Å². The molecule has 0 radical (unpaired) electrons. The standard InChI is InChI=1S/C9H11N.C2H6/c1-3-4-9-5-6-10-8(2)7-9;1-2/h3-7H,1-2H3;1-2H3/b4-3-;. The van der Waals surface area contributed by atoms with Gasteiger partial charge >= 0.3 is 0 Å². The molecular weight excluding hydrogens is 146 g/mol. The Morgan fingerprint density at radius 3 is 2.50 bits per heavy atom. The van der Waals surface area contributed by atoms with Gasteiger partial charge in [0.1, 0.15) is 0 Å². The number of aromatic nitrogens is 1. The number of hydrogen-bond donors (Lipinski definition) is 0. The highest BCUT2D eigenvalue weighted by Gasteiger charge is 1.85. The van der Waals surface area contributed by atoms with Gasteiger partial charge in [-0.05, 0) is 31.5 Å². The molecule has 1 heteroatoms. The summed E-state index contributed by atoms with van der Waals surface area (Å²) >= 11 is 0. The third-order valence-corrected chi connectivity index (χ3v) is 1.28. The summed E-state index contributed by atoms with van der Waals surface area (Å²) in [6.45, 7) is 8.00. The molecule has 1 rings (SSSR count). The van der Waals surface area contributed by atoms with E-state index in [2.05, 4.69) is 17.1 Å². The average molecular weight is 163 g/mol. The number of aryl methyl sites for hydroxylation is 1. The van der Waals surface area contributed by atoms with Gasteiger partial charge in [-0.15, -0.1) is 0 Å². The van der Waals surface area contributed by atoms with E-state index in [1.807, 2.05) is 46.0 Å². The Morgan fingerprint density at radius 1 is 1.33 bits per heavy atom. The summed E-state index contributed by atoms with van der Waals surface area (Å²) in [5.41, 5.74) is 2.28. The third-order valence-electron chi connectivity index (χ3n) is 1.28. The van der Waals surface area contributed by atoms with Crippen LogP contribution in [-0.2, 0) is 0 Å². The minimum atomic E-state index is 1.07. The van der Waals surface area contributed by atoms with E-state index < -0.39 is 0 Å². The topological polar surface area (TPSA) is 12.9 Å². The number of hydrogen-bond acceptors (Lipinski definition) is 1. The lowest BCUT2D eigenvalue weighted by Crippen LogP contribution is -1.79. The first kappa shape index (κ1) is 10.9. The van der Waals surface area contributed by atoms with Crippen LogP contribution in [0.5, 0.6) is 0 Å². The van der Waals surface area contributed by atoms with Crippen LogP contribution in [0.2, 0.25) is 0 Å². The van der Waals surface area contributed by atoms with Crippen LogP contribution in [0.4, 0.5) is 0 Å². The first-order chi connectivity index (χ1) is 5.83. The molecule has 0 aromatic carbocycles. The van der Waals surface area contributed by atoms with E-state index in [9.17, 15) is 0 Å². The van der Waals surface area contributed by atoms with E-state index in [1.54, 1.807) is 0 Å². The minimum Gasteiger partial charge on any atom is -0.262 e. The molecule has 0 spiro atoms. The van der Waals surface area contributed by atoms with Crippen molar-refractivity contribution in [3.63, 3.8) is 0 Å². The normalized spacial score (nSPS) is 9.33. The fourth-order valence-corrected chi connectivity index (χ4v) is 0.864. The van der Waals surface area contributed by atoms with Crippen LogP contribution in [0.3, 0.4) is 0 Å². The van der Waals surface area contributed by atoms with Crippen LogP contribution < -0.4 is 0 Å². The first-order valence-electron chi connectivity index (χ1n) is 4.38. The molecular formula is C11H17N. The van der Waals surface area contributed by atoms with Crippen molar-refractivity contribution in [2.75, 3.05) is 0 Å². The largest absolute Gasteiger partial charge is 0.262 e. The maximum absolute atomic E-state index is 4.09. The zero-order valence-electron chi connectivity index (χ0n) is 8.33. The fraction of sp³-hybridized carbons (Fsp3) is 0.364. The van der Waals surface area contributed by atoms with Crippen molar-refractivity contribution in [1.82, 2.24) is 4.98 Å². The summed E-state index contributed by atoms with van der Waals surface area (Å²) in [7, 11) is 0. The Kier molecular flexibility index (Phi) is 5.98. The zero-order chi connectivity index (χ0) is 9.40. The maximum atomic E-state index is 4.09. The average Bonchev–Trinajstić information content (AvgIpc) is 2.09. The maximum Gasteiger partial charge on any atom is 0.0378 e. The van der Waals surface area contributed by atoms with E-state index in [4.69, 9.17) is 0 Å². The van der Waals surface area contributed by atoms with Gasteiger partial charge in [-0.1, -0.05) is 26.0 Å². The summed E-state index contributed by atoms with van der Waals surface area (Å²) in [4.78, 5) is 4.09. The van der Waals surface area contributed by atoms with E-state index >= 15 is 0 Å². The Hall–Kier alpha value is -1.11. The van der Waals surface area contributed by atoms with Crippen LogP contribution in [0, 0.1) is 6.92 Å². The van der Waals surface area contributed by atoms with E-state index in [0.29, 0.717) is 0 Å². The van der Waals surface area contributed by atoms with E-state index in [1.165, 1.54) is 5.56 Å². The predicted octanol–water partition coefficient (Wildman–Crippen LogP) is 3.45. The lowest BCUT2D eigenvalue weighted by molar-refractivity contribution is 1.20. The lowest BCUT2D eigenvalue weighted by atomic mass is 10.2. The van der Waals surface area contributed by atoms with Gasteiger partial charge < -0.3 is 0 Å². The molecule has 0 amide bonds. The fourth-order valence-electron chi connectivity index (χ4n) is 0.864. The highest BCUT2D eigenvalue weighted by molar-refractivity contribution is 5.48. The minimum absolute atomic E-state index is 1.07. The molecule has 0 aliphatic rings. The smallest absolute Gasteiger partial charge is 0.0378 e. The highest BCUT2D eigenvalue weighted by Crippen LogP contribution is 2.01. The second kappa shape index (κ2) is 6.59. The summed E-state index contributed by atoms with van der Waals surface area (Å²) in [6.07, 6.45) is 5.91. The van der Waals surface area contributed by atoms with Crippen molar-refractivity contribution in [1.29, 1.82) is 0 Å². The molecule has 0 saturated carbocycles. The number of nitrogens with zero attached hydrogens (tertiary/aromatic N) is 1. The van der Waals surface area contributed by atoms with Crippen molar-refractivity contribution in [3.05, 3.63) is 35.7 Å². The van der Waals surface area contributed by atoms with E-state index in [-0.39, 0.29) is 0 Å². The van der Waals surface area contributed by atoms with Crippen LogP contribution >= 0.6 is 0 Å². The van der Waals surface area contributed by atoms with Crippen LogP contribution in [0.15, 0.2) is 24.4 Å². The molecule has 0 unspecified atom stereocenters. The van der Waals surface area contributed by atoms with Gasteiger partial charge in [0.05, 0.1) is 0 Å². The predicted molar refractivity (Wildman–Crippen MR) is 55.0 cm³/mol. The molecule has 0 bridgehead atoms. The molecule has 1 aromatic heterocycles. The molecule has 1 heterocycles. The van der Waals surface area contributed by atoms with Crippen molar-refractivity contribution in [2.45, 2.75) is 27.7 Å². The molecule has 0 aliphatic heterocycles. The molecule has 1 nitrogen and oxygen atoms in total. The summed E-state index contributed by atoms with van der Waals surface area (Å²) in [5.74, 6) is 0. The number of rotatable bonds is 1. The monoisotopic (exact) mass is 163 g/mol. The Labute approximate surface area is 75.2 Å².